The highest BCUT2D eigenvalue weighted by Crippen LogP contribution is 2.31. The van der Waals surface area contributed by atoms with Crippen LogP contribution < -0.4 is 10.5 Å². The van der Waals surface area contributed by atoms with Gasteiger partial charge in [-0.2, -0.15) is 4.98 Å². The summed E-state index contributed by atoms with van der Waals surface area (Å²) in [5.74, 6) is 1.24. The summed E-state index contributed by atoms with van der Waals surface area (Å²) in [6.45, 7) is 0.983. The minimum atomic E-state index is -0.127. The van der Waals surface area contributed by atoms with Crippen LogP contribution in [0.25, 0.3) is 11.4 Å². The molecule has 20 heavy (non-hydrogen) atoms. The Morgan fingerprint density at radius 1 is 1.40 bits per heavy atom. The second-order valence-electron chi connectivity index (χ2n) is 4.65. The van der Waals surface area contributed by atoms with E-state index in [0.29, 0.717) is 36.2 Å². The number of phenolic OH excluding ortho intramolecular Hbond substituents is 1. The molecule has 3 N–H and O–H groups in total. The van der Waals surface area contributed by atoms with E-state index in [9.17, 15) is 5.11 Å². The SMILES string of the molecule is COc1cc(-c2noc(C3COCC3N)n2)ccc1O. The molecule has 7 heteroatoms. The third-order valence-electron chi connectivity index (χ3n) is 3.32. The summed E-state index contributed by atoms with van der Waals surface area (Å²) in [6, 6.07) is 4.74. The van der Waals surface area contributed by atoms with Crippen LogP contribution in [-0.4, -0.2) is 41.6 Å². The number of phenols is 1. The van der Waals surface area contributed by atoms with Crippen LogP contribution in [0, 0.1) is 0 Å². The highest BCUT2D eigenvalue weighted by Gasteiger charge is 2.31. The summed E-state index contributed by atoms with van der Waals surface area (Å²) in [7, 11) is 1.48. The average Bonchev–Trinajstić information content (AvgIpc) is 3.08. The van der Waals surface area contributed by atoms with Crippen LogP contribution in [0.3, 0.4) is 0 Å². The first kappa shape index (κ1) is 12.9. The molecule has 106 valence electrons. The lowest BCUT2D eigenvalue weighted by molar-refractivity contribution is 0.187. The number of methoxy groups -OCH3 is 1. The third-order valence-corrected chi connectivity index (χ3v) is 3.32. The van der Waals surface area contributed by atoms with Gasteiger partial charge in [-0.05, 0) is 18.2 Å². The maximum Gasteiger partial charge on any atom is 0.234 e. The number of nitrogens with zero attached hydrogens (tertiary/aromatic N) is 2. The minimum Gasteiger partial charge on any atom is -0.504 e. The maximum atomic E-state index is 9.57. The summed E-state index contributed by atoms with van der Waals surface area (Å²) >= 11 is 0. The van der Waals surface area contributed by atoms with Gasteiger partial charge < -0.3 is 24.8 Å². The molecule has 2 atom stereocenters. The van der Waals surface area contributed by atoms with E-state index >= 15 is 0 Å². The predicted molar refractivity (Wildman–Crippen MR) is 69.5 cm³/mol. The van der Waals surface area contributed by atoms with Crippen LogP contribution >= 0.6 is 0 Å². The molecule has 1 aliphatic heterocycles. The Kier molecular flexibility index (Phi) is 3.29. The van der Waals surface area contributed by atoms with Gasteiger partial charge in [-0.25, -0.2) is 0 Å². The van der Waals surface area contributed by atoms with Crippen LogP contribution in [0.1, 0.15) is 11.8 Å². The van der Waals surface area contributed by atoms with Gasteiger partial charge in [0, 0.05) is 11.6 Å². The van der Waals surface area contributed by atoms with Crippen LogP contribution in [0.5, 0.6) is 11.5 Å². The van der Waals surface area contributed by atoms with E-state index in [4.69, 9.17) is 19.7 Å². The summed E-state index contributed by atoms with van der Waals surface area (Å²) < 4.78 is 15.6. The van der Waals surface area contributed by atoms with Crippen LogP contribution in [0.4, 0.5) is 0 Å². The Morgan fingerprint density at radius 2 is 2.25 bits per heavy atom. The summed E-state index contributed by atoms with van der Waals surface area (Å²) in [4.78, 5) is 4.34. The van der Waals surface area contributed by atoms with E-state index in [1.54, 1.807) is 12.1 Å². The molecular formula is C13H15N3O4. The molecule has 2 unspecified atom stereocenters. The van der Waals surface area contributed by atoms with E-state index in [-0.39, 0.29) is 17.7 Å². The number of hydrogen-bond acceptors (Lipinski definition) is 7. The summed E-state index contributed by atoms with van der Waals surface area (Å²) in [6.07, 6.45) is 0. The fourth-order valence-corrected chi connectivity index (χ4v) is 2.15. The van der Waals surface area contributed by atoms with Gasteiger partial charge >= 0.3 is 0 Å². The highest BCUT2D eigenvalue weighted by atomic mass is 16.5. The molecule has 2 heterocycles. The van der Waals surface area contributed by atoms with Crippen molar-refractivity contribution in [1.29, 1.82) is 0 Å². The highest BCUT2D eigenvalue weighted by molar-refractivity contribution is 5.60. The number of rotatable bonds is 3. The quantitative estimate of drug-likeness (QED) is 0.858. The largest absolute Gasteiger partial charge is 0.504 e. The molecule has 1 saturated heterocycles. The molecule has 1 aromatic carbocycles. The second kappa shape index (κ2) is 5.10. The molecule has 0 spiro atoms. The fourth-order valence-electron chi connectivity index (χ4n) is 2.15. The number of aromatic nitrogens is 2. The molecule has 3 rings (SSSR count). The Morgan fingerprint density at radius 3 is 2.95 bits per heavy atom. The van der Waals surface area contributed by atoms with Crippen molar-refractivity contribution in [2.75, 3.05) is 20.3 Å². The molecule has 0 aliphatic carbocycles. The molecule has 1 aromatic heterocycles. The van der Waals surface area contributed by atoms with Crippen molar-refractivity contribution >= 4 is 0 Å². The Bertz CT molecular complexity index is 613. The number of ether oxygens (including phenoxy) is 2. The minimum absolute atomic E-state index is 0.0613. The fraction of sp³-hybridized carbons (Fsp3) is 0.385. The van der Waals surface area contributed by atoms with E-state index in [0.717, 1.165) is 0 Å². The Hall–Kier alpha value is -2.12. The van der Waals surface area contributed by atoms with Crippen molar-refractivity contribution in [3.05, 3.63) is 24.1 Å². The van der Waals surface area contributed by atoms with Crippen molar-refractivity contribution in [2.24, 2.45) is 5.73 Å². The topological polar surface area (TPSA) is 104 Å². The zero-order valence-corrected chi connectivity index (χ0v) is 10.9. The van der Waals surface area contributed by atoms with E-state index in [1.165, 1.54) is 13.2 Å². The van der Waals surface area contributed by atoms with Crippen LogP contribution in [0.2, 0.25) is 0 Å². The van der Waals surface area contributed by atoms with Gasteiger partial charge in [0.15, 0.2) is 11.5 Å². The Balaban J connectivity index is 1.90. The molecule has 0 saturated carbocycles. The van der Waals surface area contributed by atoms with Crippen LogP contribution in [-0.2, 0) is 4.74 Å². The van der Waals surface area contributed by atoms with Crippen molar-refractivity contribution < 1.29 is 19.1 Å². The number of benzene rings is 1. The van der Waals surface area contributed by atoms with Crippen molar-refractivity contribution in [3.63, 3.8) is 0 Å². The van der Waals surface area contributed by atoms with E-state index in [1.807, 2.05) is 0 Å². The van der Waals surface area contributed by atoms with Gasteiger partial charge in [0.1, 0.15) is 0 Å². The standard InChI is InChI=1S/C13H15N3O4/c1-18-11-4-7(2-3-10(11)17)12-15-13(20-16-12)8-5-19-6-9(8)14/h2-4,8-9,17H,5-6,14H2,1H3. The third kappa shape index (κ3) is 2.21. The maximum absolute atomic E-state index is 9.57. The molecule has 7 nitrogen and oxygen atoms in total. The zero-order chi connectivity index (χ0) is 14.1. The number of nitrogens with two attached hydrogens (primary N) is 1. The van der Waals surface area contributed by atoms with Gasteiger partial charge in [-0.3, -0.25) is 0 Å². The lowest BCUT2D eigenvalue weighted by Crippen LogP contribution is -2.26. The molecule has 0 amide bonds. The van der Waals surface area contributed by atoms with Gasteiger partial charge in [0.25, 0.3) is 0 Å². The monoisotopic (exact) mass is 277 g/mol. The molecule has 1 aliphatic rings. The first-order chi connectivity index (χ1) is 9.69. The predicted octanol–water partition coefficient (Wildman–Crippen LogP) is 0.892. The van der Waals surface area contributed by atoms with E-state index in [2.05, 4.69) is 10.1 Å². The Labute approximate surface area is 115 Å². The molecule has 0 radical (unpaired) electrons. The summed E-state index contributed by atoms with van der Waals surface area (Å²) in [5.41, 5.74) is 6.62. The molecule has 2 aromatic rings. The first-order valence-corrected chi connectivity index (χ1v) is 6.23. The van der Waals surface area contributed by atoms with Gasteiger partial charge in [-0.1, -0.05) is 5.16 Å². The van der Waals surface area contributed by atoms with Crippen molar-refractivity contribution in [2.45, 2.75) is 12.0 Å². The normalized spacial score (nSPS) is 22.1. The molecule has 1 fully saturated rings. The second-order valence-corrected chi connectivity index (χ2v) is 4.65. The number of aromatic hydroxyl groups is 1. The molecule has 0 bridgehead atoms. The summed E-state index contributed by atoms with van der Waals surface area (Å²) in [5, 5.41) is 13.5. The zero-order valence-electron chi connectivity index (χ0n) is 10.9. The van der Waals surface area contributed by atoms with Gasteiger partial charge in [-0.15, -0.1) is 0 Å². The van der Waals surface area contributed by atoms with Crippen LogP contribution in [0.15, 0.2) is 22.7 Å². The smallest absolute Gasteiger partial charge is 0.234 e. The van der Waals surface area contributed by atoms with Gasteiger partial charge in [0.05, 0.1) is 26.2 Å². The number of hydrogen-bond donors (Lipinski definition) is 2. The molecular weight excluding hydrogens is 262 g/mol. The lowest BCUT2D eigenvalue weighted by Gasteiger charge is -2.06. The van der Waals surface area contributed by atoms with E-state index < -0.39 is 0 Å². The van der Waals surface area contributed by atoms with Crippen molar-refractivity contribution in [1.82, 2.24) is 10.1 Å². The van der Waals surface area contributed by atoms with Gasteiger partial charge in [0.2, 0.25) is 11.7 Å². The lowest BCUT2D eigenvalue weighted by atomic mass is 10.1. The first-order valence-electron chi connectivity index (χ1n) is 6.23. The average molecular weight is 277 g/mol. The van der Waals surface area contributed by atoms with Crippen molar-refractivity contribution in [3.8, 4) is 22.9 Å².